The van der Waals surface area contributed by atoms with Gasteiger partial charge in [-0.2, -0.15) is 0 Å². The van der Waals surface area contributed by atoms with Crippen LogP contribution in [0.25, 0.3) is 10.9 Å². The minimum absolute atomic E-state index is 0.00460. The Morgan fingerprint density at radius 1 is 1.18 bits per heavy atom. The molecule has 2 aromatic carbocycles. The van der Waals surface area contributed by atoms with Crippen molar-refractivity contribution in [3.05, 3.63) is 59.7 Å². The summed E-state index contributed by atoms with van der Waals surface area (Å²) in [6.45, 7) is 5.27. The van der Waals surface area contributed by atoms with Gasteiger partial charge in [0.1, 0.15) is 23.7 Å². The molecule has 0 radical (unpaired) electrons. The van der Waals surface area contributed by atoms with E-state index in [1.165, 1.54) is 50.8 Å². The van der Waals surface area contributed by atoms with Crippen LogP contribution in [0.5, 0.6) is 5.75 Å². The molecule has 0 atom stereocenters. The van der Waals surface area contributed by atoms with Crippen LogP contribution in [0.3, 0.4) is 0 Å². The number of aromatic nitrogens is 2. The van der Waals surface area contributed by atoms with Gasteiger partial charge in [-0.05, 0) is 75.6 Å². The van der Waals surface area contributed by atoms with Gasteiger partial charge in [-0.1, -0.05) is 17.7 Å². The zero-order chi connectivity index (χ0) is 26.7. The largest absolute Gasteiger partial charge is 0.494 e. The molecule has 0 saturated carbocycles. The number of piperidine rings is 1. The van der Waals surface area contributed by atoms with E-state index < -0.39 is 5.82 Å². The monoisotopic (exact) mass is 538 g/mol. The molecule has 2 N–H and O–H groups in total. The number of fused-ring (bicyclic) bond motifs is 1. The number of nitrogens with one attached hydrogen (secondary N) is 2. The van der Waals surface area contributed by atoms with Crippen LogP contribution >= 0.6 is 11.6 Å². The van der Waals surface area contributed by atoms with Gasteiger partial charge in [0.2, 0.25) is 5.91 Å². The number of rotatable bonds is 7. The number of halogens is 2. The zero-order valence-electron chi connectivity index (χ0n) is 21.6. The van der Waals surface area contributed by atoms with Crippen LogP contribution in [-0.2, 0) is 4.79 Å². The molecule has 2 aliphatic rings. The summed E-state index contributed by atoms with van der Waals surface area (Å²) in [6, 6.07) is 7.83. The lowest BCUT2D eigenvalue weighted by Crippen LogP contribution is -2.41. The summed E-state index contributed by atoms with van der Waals surface area (Å²) in [5, 5.41) is 6.73. The summed E-state index contributed by atoms with van der Waals surface area (Å²) in [4.78, 5) is 26.3. The van der Waals surface area contributed by atoms with E-state index in [-0.39, 0.29) is 10.9 Å². The first kappa shape index (κ1) is 26.3. The maximum Gasteiger partial charge on any atom is 0.248 e. The molecule has 5 rings (SSSR count). The molecule has 38 heavy (non-hydrogen) atoms. The molecule has 2 fully saturated rings. The Bertz CT molecular complexity index is 1360. The molecule has 200 valence electrons. The van der Waals surface area contributed by atoms with E-state index in [2.05, 4.69) is 37.4 Å². The first-order valence-corrected chi connectivity index (χ1v) is 13.2. The molecule has 1 aromatic heterocycles. The first-order valence-electron chi connectivity index (χ1n) is 12.8. The van der Waals surface area contributed by atoms with Gasteiger partial charge in [-0.3, -0.25) is 9.69 Å². The van der Waals surface area contributed by atoms with Gasteiger partial charge in [-0.15, -0.1) is 0 Å². The van der Waals surface area contributed by atoms with E-state index in [1.54, 1.807) is 31.4 Å². The van der Waals surface area contributed by atoms with Crippen molar-refractivity contribution in [1.82, 2.24) is 19.8 Å². The lowest BCUT2D eigenvalue weighted by atomic mass is 9.78. The van der Waals surface area contributed by atoms with Crippen LogP contribution in [-0.4, -0.2) is 72.6 Å². The summed E-state index contributed by atoms with van der Waals surface area (Å²) >= 11 is 5.92. The van der Waals surface area contributed by atoms with Crippen molar-refractivity contribution in [2.45, 2.75) is 19.3 Å². The third kappa shape index (κ3) is 5.90. The number of amides is 1. The molecule has 3 aromatic rings. The van der Waals surface area contributed by atoms with Crippen LogP contribution in [0, 0.1) is 11.2 Å². The molecule has 3 heterocycles. The summed E-state index contributed by atoms with van der Waals surface area (Å²) in [7, 11) is 3.75. The molecule has 1 spiro atoms. The predicted octanol–water partition coefficient (Wildman–Crippen LogP) is 5.09. The number of hydrogen-bond acceptors (Lipinski definition) is 7. The highest BCUT2D eigenvalue weighted by atomic mass is 35.5. The van der Waals surface area contributed by atoms with Crippen molar-refractivity contribution in [2.75, 3.05) is 57.5 Å². The Morgan fingerprint density at radius 2 is 1.97 bits per heavy atom. The Labute approximate surface area is 226 Å². The first-order chi connectivity index (χ1) is 18.3. The molecule has 8 nitrogen and oxygen atoms in total. The van der Waals surface area contributed by atoms with E-state index in [1.807, 2.05) is 6.08 Å². The second kappa shape index (κ2) is 11.2. The second-order valence-corrected chi connectivity index (χ2v) is 10.6. The molecule has 10 heteroatoms. The highest BCUT2D eigenvalue weighted by Gasteiger charge is 2.38. The number of methoxy groups -OCH3 is 1. The molecule has 0 aliphatic carbocycles. The van der Waals surface area contributed by atoms with Gasteiger partial charge in [-0.25, -0.2) is 14.4 Å². The Hall–Kier alpha value is -3.27. The predicted molar refractivity (Wildman–Crippen MR) is 149 cm³/mol. The van der Waals surface area contributed by atoms with Gasteiger partial charge in [0.05, 0.1) is 23.3 Å². The molecule has 2 saturated heterocycles. The quantitative estimate of drug-likeness (QED) is 0.406. The lowest BCUT2D eigenvalue weighted by Gasteiger charge is -2.38. The number of likely N-dealkylation sites (tertiary alicyclic amines) is 2. The van der Waals surface area contributed by atoms with Gasteiger partial charge in [0.15, 0.2) is 0 Å². The second-order valence-electron chi connectivity index (χ2n) is 10.2. The van der Waals surface area contributed by atoms with Crippen LogP contribution < -0.4 is 15.4 Å². The number of hydrogen-bond donors (Lipinski definition) is 2. The molecular formula is C28H32ClFN6O2. The van der Waals surface area contributed by atoms with Gasteiger partial charge in [0.25, 0.3) is 0 Å². The summed E-state index contributed by atoms with van der Waals surface area (Å²) < 4.78 is 19.1. The fraction of sp³-hybridized carbons (Fsp3) is 0.393. The summed E-state index contributed by atoms with van der Waals surface area (Å²) in [5.74, 6) is 0.225. The van der Waals surface area contributed by atoms with Gasteiger partial charge in [0, 0.05) is 36.3 Å². The number of carbonyl (C=O) groups excluding carboxylic acids is 1. The van der Waals surface area contributed by atoms with Crippen molar-refractivity contribution < 1.29 is 13.9 Å². The molecule has 1 amide bonds. The standard InChI is InChI=1S/C28H32ClFN6O2/c1-35-11-7-28(17-35)8-12-36(13-9-28)10-3-4-26(37)34-24-15-20-23(16-25(24)38-2)31-18-32-27(20)33-19-5-6-22(30)21(29)14-19/h3-6,14-16,18H,7-13,17H2,1-2H3,(H,34,37)(H,31,32,33). The van der Waals surface area contributed by atoms with Gasteiger partial charge < -0.3 is 20.3 Å². The van der Waals surface area contributed by atoms with Gasteiger partial charge >= 0.3 is 0 Å². The van der Waals surface area contributed by atoms with Crippen molar-refractivity contribution in [3.8, 4) is 5.75 Å². The minimum atomic E-state index is -0.501. The Kier molecular flexibility index (Phi) is 7.78. The number of nitrogens with zero attached hydrogens (tertiary/aromatic N) is 4. The number of anilines is 3. The van der Waals surface area contributed by atoms with E-state index in [0.717, 1.165) is 19.6 Å². The minimum Gasteiger partial charge on any atom is -0.494 e. The average Bonchev–Trinajstić information content (AvgIpc) is 3.27. The number of ether oxygens (including phenoxy) is 1. The highest BCUT2D eigenvalue weighted by Crippen LogP contribution is 2.39. The molecule has 2 aliphatic heterocycles. The highest BCUT2D eigenvalue weighted by molar-refractivity contribution is 6.31. The maximum absolute atomic E-state index is 13.6. The van der Waals surface area contributed by atoms with E-state index >= 15 is 0 Å². The smallest absolute Gasteiger partial charge is 0.248 e. The van der Waals surface area contributed by atoms with Crippen LogP contribution in [0.15, 0.2) is 48.8 Å². The maximum atomic E-state index is 13.6. The van der Waals surface area contributed by atoms with E-state index in [9.17, 15) is 9.18 Å². The Balaban J connectivity index is 1.25. The third-order valence-electron chi connectivity index (χ3n) is 7.58. The third-order valence-corrected chi connectivity index (χ3v) is 7.87. The SMILES string of the molecule is COc1cc2ncnc(Nc3ccc(F)c(Cl)c3)c2cc1NC(=O)C=CCN1CCC2(CCN(C)C2)CC1. The van der Waals surface area contributed by atoms with Crippen molar-refractivity contribution in [1.29, 1.82) is 0 Å². The van der Waals surface area contributed by atoms with Crippen LogP contribution in [0.1, 0.15) is 19.3 Å². The molecule has 0 bridgehead atoms. The molecular weight excluding hydrogens is 507 g/mol. The van der Waals surface area contributed by atoms with Crippen LogP contribution in [0.2, 0.25) is 5.02 Å². The van der Waals surface area contributed by atoms with Crippen molar-refractivity contribution in [2.24, 2.45) is 5.41 Å². The van der Waals surface area contributed by atoms with E-state index in [4.69, 9.17) is 16.3 Å². The fourth-order valence-corrected chi connectivity index (χ4v) is 5.60. The lowest BCUT2D eigenvalue weighted by molar-refractivity contribution is -0.111. The Morgan fingerprint density at radius 3 is 2.68 bits per heavy atom. The number of benzene rings is 2. The normalized spacial score (nSPS) is 17.9. The summed E-state index contributed by atoms with van der Waals surface area (Å²) in [5.41, 5.74) is 2.18. The van der Waals surface area contributed by atoms with Crippen LogP contribution in [0.4, 0.5) is 21.6 Å². The average molecular weight is 539 g/mol. The van der Waals surface area contributed by atoms with Crippen molar-refractivity contribution in [3.63, 3.8) is 0 Å². The summed E-state index contributed by atoms with van der Waals surface area (Å²) in [6.07, 6.45) is 8.63. The zero-order valence-corrected chi connectivity index (χ0v) is 22.4. The molecule has 0 unspecified atom stereocenters. The fourth-order valence-electron chi connectivity index (χ4n) is 5.42. The topological polar surface area (TPSA) is 82.6 Å². The number of carbonyl (C=O) groups is 1. The van der Waals surface area contributed by atoms with E-state index in [0.29, 0.717) is 39.3 Å². The van der Waals surface area contributed by atoms with Crippen molar-refractivity contribution >= 4 is 45.6 Å².